The van der Waals surface area contributed by atoms with Crippen molar-refractivity contribution in [3.8, 4) is 11.5 Å². The Kier molecular flexibility index (Phi) is 32.9. The summed E-state index contributed by atoms with van der Waals surface area (Å²) in [7, 11) is 7.07. The van der Waals surface area contributed by atoms with Crippen molar-refractivity contribution >= 4 is 117 Å². The number of thioether (sulfide) groups is 1. The Hall–Kier alpha value is -10.6. The van der Waals surface area contributed by atoms with E-state index in [0.717, 1.165) is 48.5 Å². The molecule has 5 aliphatic rings. The van der Waals surface area contributed by atoms with Crippen LogP contribution < -0.4 is 42.0 Å². The highest BCUT2D eigenvalue weighted by atomic mass is 35.5. The minimum Gasteiger partial charge on any atom is -0.508 e. The molecule has 4 saturated heterocycles. The molecule has 1 aromatic heterocycles. The number of ether oxygens (including phenoxy) is 5. The van der Waals surface area contributed by atoms with Crippen molar-refractivity contribution < 1.29 is 101 Å². The average Bonchev–Trinajstić information content (AvgIpc) is 1.57. The zero-order chi connectivity index (χ0) is 89.3. The van der Waals surface area contributed by atoms with Crippen LogP contribution in [0.2, 0.25) is 5.02 Å². The second kappa shape index (κ2) is 42.7. The van der Waals surface area contributed by atoms with E-state index in [9.17, 15) is 58.5 Å². The molecule has 10 amide bonds. The van der Waals surface area contributed by atoms with Crippen LogP contribution >= 0.6 is 23.4 Å². The number of carbonyl (C=O) groups is 13. The number of nitrogens with two attached hydrogens (primary N) is 1. The largest absolute Gasteiger partial charge is 0.508 e. The fourth-order valence-electron chi connectivity index (χ4n) is 16.3. The number of likely N-dealkylation sites (tertiary alicyclic amines) is 1. The summed E-state index contributed by atoms with van der Waals surface area (Å²) in [4.78, 5) is 196. The number of imide groups is 1. The van der Waals surface area contributed by atoms with Gasteiger partial charge in [0.2, 0.25) is 53.2 Å². The van der Waals surface area contributed by atoms with E-state index in [1.54, 1.807) is 86.8 Å². The molecule has 123 heavy (non-hydrogen) atoms. The van der Waals surface area contributed by atoms with Crippen molar-refractivity contribution in [3.05, 3.63) is 148 Å². The summed E-state index contributed by atoms with van der Waals surface area (Å²) in [5.74, 6) is -10.8. The molecule has 10 rings (SSSR count). The fraction of sp³-hybridized carbons (Fsp3) is 0.517. The van der Waals surface area contributed by atoms with Crippen LogP contribution in [0.1, 0.15) is 134 Å². The van der Waals surface area contributed by atoms with E-state index in [2.05, 4.69) is 31.6 Å². The number of allylic oxidation sites excluding steroid dienone is 3. The third-order valence-corrected chi connectivity index (χ3v) is 25.5. The van der Waals surface area contributed by atoms with E-state index in [0.29, 0.717) is 47.4 Å². The number of amides is 10. The van der Waals surface area contributed by atoms with Gasteiger partial charge < -0.3 is 85.7 Å². The maximum absolute atomic E-state index is 15.4. The molecule has 4 bridgehead atoms. The molecule has 4 fully saturated rings. The fourth-order valence-corrected chi connectivity index (χ4v) is 17.8. The van der Waals surface area contributed by atoms with Crippen molar-refractivity contribution in [2.24, 2.45) is 23.5 Å². The van der Waals surface area contributed by atoms with Gasteiger partial charge in [0.15, 0.2) is 17.3 Å². The lowest BCUT2D eigenvalue weighted by atomic mass is 9.83. The number of Topliss-reactive ketones (excluding diaryl/α,β-unsaturated/α-hetero) is 2. The number of para-hydroxylation sites is 1. The molecule has 0 aliphatic carbocycles. The first-order valence-electron chi connectivity index (χ1n) is 41.6. The molecular formula is C89H114ClN11O21S. The number of nitrogens with one attached hydrogen (secondary N) is 6. The Labute approximate surface area is 724 Å². The quantitative estimate of drug-likeness (QED) is 0.0126. The second-order valence-corrected chi connectivity index (χ2v) is 34.5. The van der Waals surface area contributed by atoms with E-state index in [1.165, 1.54) is 66.2 Å². The monoisotopic (exact) mass is 1740 g/mol. The first-order chi connectivity index (χ1) is 58.5. The van der Waals surface area contributed by atoms with Crippen LogP contribution in [0.3, 0.4) is 0 Å². The Morgan fingerprint density at radius 3 is 2.20 bits per heavy atom. The molecule has 11 N–H and O–H groups in total. The Morgan fingerprint density at radius 2 is 1.49 bits per heavy atom. The number of carbonyl (C=O) groups excluding carboxylic acids is 13. The number of hydrogen-bond acceptors (Lipinski definition) is 23. The number of halogens is 1. The smallest absolute Gasteiger partial charge is 0.409 e. The third-order valence-electron chi connectivity index (χ3n) is 23.9. The van der Waals surface area contributed by atoms with Crippen LogP contribution in [0.15, 0.2) is 121 Å². The molecule has 1 unspecified atom stereocenters. The number of esters is 1. The number of anilines is 1. The lowest BCUT2D eigenvalue weighted by molar-refractivity contribution is -0.162. The number of aliphatic hydroxyl groups is 2. The molecule has 5 aromatic rings. The number of aliphatic hydroxyl groups excluding tert-OH is 1. The zero-order valence-corrected chi connectivity index (χ0v) is 72.6. The maximum Gasteiger partial charge on any atom is 0.409 e. The van der Waals surface area contributed by atoms with Crippen LogP contribution in [0, 0.1) is 17.8 Å². The van der Waals surface area contributed by atoms with Gasteiger partial charge in [-0.3, -0.25) is 63.0 Å². The number of unbranched alkanes of at least 4 members (excludes halogenated alkanes) is 1. The minimum absolute atomic E-state index is 0.0441. The summed E-state index contributed by atoms with van der Waals surface area (Å²) < 4.78 is 29.7. The van der Waals surface area contributed by atoms with E-state index in [1.807, 2.05) is 37.3 Å². The Balaban J connectivity index is 0.793. The summed E-state index contributed by atoms with van der Waals surface area (Å²) >= 11 is 7.95. The van der Waals surface area contributed by atoms with Gasteiger partial charge in [-0.2, -0.15) is 0 Å². The zero-order valence-electron chi connectivity index (χ0n) is 71.0. The average molecular weight is 1740 g/mol. The molecule has 0 radical (unpaired) electrons. The number of methoxy groups -OCH3 is 2. The van der Waals surface area contributed by atoms with Gasteiger partial charge in [0, 0.05) is 133 Å². The number of phenolic OH excluding ortho intramolecular Hbond substituents is 1. The van der Waals surface area contributed by atoms with Gasteiger partial charge in [0.05, 0.1) is 48.8 Å². The summed E-state index contributed by atoms with van der Waals surface area (Å²) in [6, 6.07) is 18.2. The standard InChI is InChI=1S/C89H114ClN11O21S/c1-50-20-18-26-72(119-10)89(117)48-70(120-87(116)97-89)51(2)80-88(5,122-80)73(47-76(108)99(7)66-41-56(38-50)42-69(118-9)78(66)90)121-86(115)52(3)98(6)75(107)33-37-123-71-46-77(109)101(85(71)114)36-19-35-92-74(106)32-31-65-68(105)45-58(39-55-27-29-60(103)30-28-55)82(111)94-63(43-59-49-93-62-25-15-14-24-61(59)62)67(104)44-57(23-16-17-34-91)81(110)96-79(53(4)102)83(112)95-64(84(113)100(65)8)40-54-21-12-11-13-22-54/h11-15,18,20-22,24-30,41-42,49,51-53,57-58,63-65,70-73,79-80,93,102-103,117H,16-17,19,23,31-40,43-48,91H2,1-10H3,(H,92,106)(H,94,111)(H,95,112)(H,96,110)(H,97,116)/b26-18+,50-20+/t51-,52+,53-,57-,58-,63-,64+,65+,70+,71?,72-,73+,79+,80+,88+,89+/m1/s1. The first-order valence-corrected chi connectivity index (χ1v) is 43.0. The normalized spacial score (nSPS) is 27.2. The van der Waals surface area contributed by atoms with Gasteiger partial charge in [-0.15, -0.1) is 11.8 Å². The van der Waals surface area contributed by atoms with Crippen molar-refractivity contribution in [2.45, 2.75) is 215 Å². The molecule has 5 aliphatic heterocycles. The van der Waals surface area contributed by atoms with Crippen LogP contribution in [-0.2, 0) is 102 Å². The molecule has 0 saturated carbocycles. The number of aromatic amines is 1. The van der Waals surface area contributed by atoms with Gasteiger partial charge in [0.25, 0.3) is 0 Å². The van der Waals surface area contributed by atoms with E-state index >= 15 is 19.2 Å². The predicted octanol–water partition coefficient (Wildman–Crippen LogP) is 5.92. The number of epoxide rings is 1. The number of rotatable bonds is 27. The topological polar surface area (TPSA) is 447 Å². The SMILES string of the molecule is COc1cc2cc(c1Cl)N(C)C(=O)C[C@H](OC(=O)[C@H](C)N(C)C(=O)CCSC1CC(=O)N(CCCNC(=O)CC[C@H]3C(=O)C[C@@H](Cc4ccc(O)cc4)C(=O)N[C@H](Cc4c[nH]c5ccccc45)C(=O)C[C@@H](CCCCN)C(=O)N[C@@H]([C@@H](C)O)C(=O)N[C@@H](Cc4ccccc4)C(=O)N3C)C1=O)[C@]1(C)O[C@H]1[C@H](C)[C@@H]1C[C@@](O)(NC(=O)O1)[C@H](OC)/C=C/C=C(\C)C2. The van der Waals surface area contributed by atoms with Crippen molar-refractivity contribution in [2.75, 3.05) is 65.6 Å². The van der Waals surface area contributed by atoms with Gasteiger partial charge in [-0.05, 0) is 125 Å². The minimum atomic E-state index is -1.94. The van der Waals surface area contributed by atoms with E-state index in [4.69, 9.17) is 41.0 Å². The number of aromatic nitrogens is 1. The van der Waals surface area contributed by atoms with Gasteiger partial charge in [-0.1, -0.05) is 109 Å². The second-order valence-electron chi connectivity index (χ2n) is 32.8. The number of fused-ring (bicyclic) bond motifs is 6. The maximum atomic E-state index is 15.4. The summed E-state index contributed by atoms with van der Waals surface area (Å²) in [6.45, 7) is 8.08. The predicted molar refractivity (Wildman–Crippen MR) is 457 cm³/mol. The number of aromatic hydroxyl groups is 1. The number of benzene rings is 4. The van der Waals surface area contributed by atoms with Crippen LogP contribution in [0.25, 0.3) is 10.9 Å². The van der Waals surface area contributed by atoms with Gasteiger partial charge in [-0.25, -0.2) is 9.59 Å². The molecule has 664 valence electrons. The summed E-state index contributed by atoms with van der Waals surface area (Å²) in [6.07, 6.45) is -1.35. The lowest BCUT2D eigenvalue weighted by Crippen LogP contribution is -2.63. The number of likely N-dealkylation sites (N-methyl/N-ethyl adjacent to an activating group) is 2. The molecule has 32 nitrogen and oxygen atoms in total. The third kappa shape index (κ3) is 24.1. The first kappa shape index (κ1) is 94.7. The molecule has 34 heteroatoms. The van der Waals surface area contributed by atoms with Gasteiger partial charge in [0.1, 0.15) is 58.6 Å². The van der Waals surface area contributed by atoms with Gasteiger partial charge >= 0.3 is 12.1 Å². The molecule has 6 heterocycles. The van der Waals surface area contributed by atoms with Crippen LogP contribution in [-0.4, -0.2) is 250 Å². The number of hydrogen-bond donors (Lipinski definition) is 10. The van der Waals surface area contributed by atoms with Crippen LogP contribution in [0.5, 0.6) is 11.5 Å². The number of nitrogens with zero attached hydrogens (tertiary/aromatic N) is 4. The molecular weight excluding hydrogens is 1630 g/mol. The number of H-pyrrole nitrogens is 1. The summed E-state index contributed by atoms with van der Waals surface area (Å²) in [5.41, 5.74) is 6.92. The van der Waals surface area contributed by atoms with Crippen LogP contribution in [0.4, 0.5) is 10.5 Å². The highest BCUT2D eigenvalue weighted by Crippen LogP contribution is 2.50. The lowest BCUT2D eigenvalue weighted by Gasteiger charge is -2.42. The number of alkyl carbamates (subject to hydrolysis) is 1. The van der Waals surface area contributed by atoms with Crippen molar-refractivity contribution in [1.82, 2.24) is 46.3 Å². The van der Waals surface area contributed by atoms with Crippen molar-refractivity contribution in [1.29, 1.82) is 0 Å². The number of ketones is 2. The van der Waals surface area contributed by atoms with E-state index in [-0.39, 0.29) is 93.9 Å². The number of phenols is 1. The Morgan fingerprint density at radius 1 is 0.797 bits per heavy atom. The highest BCUT2D eigenvalue weighted by Gasteiger charge is 2.65. The molecule has 16 atom stereocenters. The Bertz CT molecular complexity index is 4760. The summed E-state index contributed by atoms with van der Waals surface area (Å²) in [5, 5.41) is 47.2. The van der Waals surface area contributed by atoms with Crippen molar-refractivity contribution in [3.63, 3.8) is 0 Å². The molecule has 4 aromatic carbocycles. The molecule has 0 spiro atoms. The van der Waals surface area contributed by atoms with E-state index < -0.39 is 198 Å². The highest BCUT2D eigenvalue weighted by molar-refractivity contribution is 8.00.